The van der Waals surface area contributed by atoms with Crippen LogP contribution in [0, 0.1) is 0 Å². The molecule has 2 aromatic rings. The maximum Gasteiger partial charge on any atom is 0.101 e. The van der Waals surface area contributed by atoms with Gasteiger partial charge < -0.3 is 15.9 Å². The van der Waals surface area contributed by atoms with Crippen molar-refractivity contribution in [3.8, 4) is 0 Å². The lowest BCUT2D eigenvalue weighted by Gasteiger charge is -2.10. The van der Waals surface area contributed by atoms with Gasteiger partial charge in [-0.2, -0.15) is 0 Å². The van der Waals surface area contributed by atoms with Crippen LogP contribution in [-0.4, -0.2) is 33.7 Å². The van der Waals surface area contributed by atoms with Gasteiger partial charge in [0.05, 0.1) is 18.2 Å². The highest BCUT2D eigenvalue weighted by Gasteiger charge is 2.09. The van der Waals surface area contributed by atoms with Crippen LogP contribution in [0.2, 0.25) is 0 Å². The first-order valence-electron chi connectivity index (χ1n) is 5.75. The van der Waals surface area contributed by atoms with Gasteiger partial charge in [0.25, 0.3) is 0 Å². The van der Waals surface area contributed by atoms with Crippen molar-refractivity contribution in [3.05, 3.63) is 35.9 Å². The Morgan fingerprint density at radius 3 is 2.83 bits per heavy atom. The molecule has 1 heterocycles. The van der Waals surface area contributed by atoms with Gasteiger partial charge >= 0.3 is 0 Å². The minimum atomic E-state index is -0.728. The van der Waals surface area contributed by atoms with Crippen molar-refractivity contribution in [2.45, 2.75) is 17.7 Å². The van der Waals surface area contributed by atoms with Crippen LogP contribution in [0.1, 0.15) is 5.56 Å². The number of nitrogens with zero attached hydrogens (tertiary/aromatic N) is 1. The lowest BCUT2D eigenvalue weighted by Crippen LogP contribution is -2.15. The lowest BCUT2D eigenvalue weighted by atomic mass is 10.1. The van der Waals surface area contributed by atoms with Crippen LogP contribution in [0.4, 0.5) is 0 Å². The molecule has 2 rings (SSSR count). The van der Waals surface area contributed by atoms with Gasteiger partial charge in [-0.15, -0.1) is 11.8 Å². The summed E-state index contributed by atoms with van der Waals surface area (Å²) >= 11 is 1.42. The molecule has 5 heteroatoms. The number of benzene rings is 1. The molecular formula is C13H16N2O2S. The number of thioether (sulfide) groups is 1. The smallest absolute Gasteiger partial charge is 0.101 e. The van der Waals surface area contributed by atoms with Gasteiger partial charge in [0, 0.05) is 17.7 Å². The average molecular weight is 264 g/mol. The summed E-state index contributed by atoms with van der Waals surface area (Å²) in [5.74, 6) is 0.412. The van der Waals surface area contributed by atoms with E-state index in [1.807, 2.05) is 30.3 Å². The number of hydrogen-bond donors (Lipinski definition) is 3. The van der Waals surface area contributed by atoms with Gasteiger partial charge in [0.1, 0.15) is 5.03 Å². The summed E-state index contributed by atoms with van der Waals surface area (Å²) in [5.41, 5.74) is 7.59. The molecular weight excluding hydrogens is 248 g/mol. The van der Waals surface area contributed by atoms with Crippen molar-refractivity contribution in [2.24, 2.45) is 5.73 Å². The Morgan fingerprint density at radius 2 is 2.11 bits per heavy atom. The van der Waals surface area contributed by atoms with E-state index < -0.39 is 6.10 Å². The molecule has 0 saturated heterocycles. The van der Waals surface area contributed by atoms with Gasteiger partial charge in [-0.3, -0.25) is 0 Å². The standard InChI is InChI=1S/C13H16N2O2S/c14-6-10-5-9-3-1-2-4-12(9)15-13(10)18-8-11(17)7-16/h1-5,11,16-17H,6-8,14H2. The first-order valence-corrected chi connectivity index (χ1v) is 6.73. The molecule has 1 aromatic carbocycles. The highest BCUT2D eigenvalue weighted by molar-refractivity contribution is 7.99. The van der Waals surface area contributed by atoms with Crippen molar-refractivity contribution in [2.75, 3.05) is 12.4 Å². The minimum absolute atomic E-state index is 0.238. The summed E-state index contributed by atoms with van der Waals surface area (Å²) in [6.45, 7) is 0.175. The second-order valence-corrected chi connectivity index (χ2v) is 5.01. The number of pyridine rings is 1. The van der Waals surface area contributed by atoms with E-state index >= 15 is 0 Å². The van der Waals surface area contributed by atoms with Crippen LogP contribution in [0.3, 0.4) is 0 Å². The monoisotopic (exact) mass is 264 g/mol. The zero-order chi connectivity index (χ0) is 13.0. The van der Waals surface area contributed by atoms with Crippen molar-refractivity contribution in [1.82, 2.24) is 4.98 Å². The van der Waals surface area contributed by atoms with Crippen molar-refractivity contribution in [3.63, 3.8) is 0 Å². The fourth-order valence-corrected chi connectivity index (χ4v) is 2.59. The van der Waals surface area contributed by atoms with Crippen LogP contribution in [0.25, 0.3) is 10.9 Å². The molecule has 1 atom stereocenters. The topological polar surface area (TPSA) is 79.4 Å². The number of hydrogen-bond acceptors (Lipinski definition) is 5. The van der Waals surface area contributed by atoms with Gasteiger partial charge in [0.2, 0.25) is 0 Å². The largest absolute Gasteiger partial charge is 0.394 e. The average Bonchev–Trinajstić information content (AvgIpc) is 2.43. The SMILES string of the molecule is NCc1cc2ccccc2nc1SCC(O)CO. The molecule has 0 aliphatic carbocycles. The first-order chi connectivity index (χ1) is 8.74. The van der Waals surface area contributed by atoms with Crippen LogP contribution in [0.15, 0.2) is 35.4 Å². The predicted octanol–water partition coefficient (Wildman–Crippen LogP) is 1.14. The third-order valence-corrected chi connectivity index (χ3v) is 3.78. The van der Waals surface area contributed by atoms with E-state index in [4.69, 9.17) is 10.8 Å². The fourth-order valence-electron chi connectivity index (χ4n) is 1.64. The number of rotatable bonds is 5. The highest BCUT2D eigenvalue weighted by Crippen LogP contribution is 2.25. The summed E-state index contributed by atoms with van der Waals surface area (Å²) in [7, 11) is 0. The number of aromatic nitrogens is 1. The minimum Gasteiger partial charge on any atom is -0.394 e. The van der Waals surface area contributed by atoms with E-state index in [1.165, 1.54) is 11.8 Å². The van der Waals surface area contributed by atoms with E-state index in [1.54, 1.807) is 0 Å². The third kappa shape index (κ3) is 3.00. The van der Waals surface area contributed by atoms with Crippen LogP contribution in [-0.2, 0) is 6.54 Å². The number of aliphatic hydroxyl groups excluding tert-OH is 2. The Labute approximate surface area is 110 Å². The normalized spacial score (nSPS) is 12.8. The van der Waals surface area contributed by atoms with Crippen LogP contribution in [0.5, 0.6) is 0 Å². The molecule has 96 valence electrons. The molecule has 0 radical (unpaired) electrons. The zero-order valence-corrected chi connectivity index (χ0v) is 10.7. The van der Waals surface area contributed by atoms with Crippen LogP contribution >= 0.6 is 11.8 Å². The van der Waals surface area contributed by atoms with Gasteiger partial charge in [-0.05, 0) is 17.7 Å². The quantitative estimate of drug-likeness (QED) is 0.706. The molecule has 1 aromatic heterocycles. The number of nitrogens with two attached hydrogens (primary N) is 1. The second-order valence-electron chi connectivity index (χ2n) is 4.00. The fraction of sp³-hybridized carbons (Fsp3) is 0.308. The molecule has 0 fully saturated rings. The molecule has 0 aliphatic heterocycles. The van der Waals surface area contributed by atoms with E-state index in [-0.39, 0.29) is 6.61 Å². The molecule has 18 heavy (non-hydrogen) atoms. The molecule has 0 saturated carbocycles. The zero-order valence-electron chi connectivity index (χ0n) is 9.91. The molecule has 4 nitrogen and oxygen atoms in total. The summed E-state index contributed by atoms with van der Waals surface area (Å²) in [4.78, 5) is 4.54. The number of para-hydroxylation sites is 1. The Hall–Kier alpha value is -1.14. The summed E-state index contributed by atoms with van der Waals surface area (Å²) in [6, 6.07) is 9.87. The Balaban J connectivity index is 2.30. The first kappa shape index (κ1) is 13.3. The lowest BCUT2D eigenvalue weighted by molar-refractivity contribution is 0.113. The van der Waals surface area contributed by atoms with Gasteiger partial charge in [0.15, 0.2) is 0 Å². The molecule has 0 aliphatic rings. The van der Waals surface area contributed by atoms with E-state index in [9.17, 15) is 5.11 Å². The van der Waals surface area contributed by atoms with E-state index in [2.05, 4.69) is 4.98 Å². The van der Waals surface area contributed by atoms with Gasteiger partial charge in [-0.25, -0.2) is 4.98 Å². The predicted molar refractivity (Wildman–Crippen MR) is 73.5 cm³/mol. The molecule has 0 amide bonds. The molecule has 4 N–H and O–H groups in total. The summed E-state index contributed by atoms with van der Waals surface area (Å²) < 4.78 is 0. The molecule has 0 spiro atoms. The Bertz CT molecular complexity index is 533. The maximum atomic E-state index is 9.37. The number of aliphatic hydroxyl groups is 2. The highest BCUT2D eigenvalue weighted by atomic mass is 32.2. The number of fused-ring (bicyclic) bond motifs is 1. The van der Waals surface area contributed by atoms with E-state index in [0.29, 0.717) is 12.3 Å². The second kappa shape index (κ2) is 6.15. The van der Waals surface area contributed by atoms with E-state index in [0.717, 1.165) is 21.5 Å². The molecule has 1 unspecified atom stereocenters. The van der Waals surface area contributed by atoms with Crippen molar-refractivity contribution >= 4 is 22.7 Å². The molecule has 0 bridgehead atoms. The summed E-state index contributed by atoms with van der Waals surface area (Å²) in [5, 5.41) is 20.1. The van der Waals surface area contributed by atoms with Crippen LogP contribution < -0.4 is 5.73 Å². The summed E-state index contributed by atoms with van der Waals surface area (Å²) in [6.07, 6.45) is -0.728. The Kier molecular flexibility index (Phi) is 4.54. The Morgan fingerprint density at radius 1 is 1.33 bits per heavy atom. The van der Waals surface area contributed by atoms with Crippen molar-refractivity contribution in [1.29, 1.82) is 0 Å². The van der Waals surface area contributed by atoms with Crippen molar-refractivity contribution < 1.29 is 10.2 Å². The maximum absolute atomic E-state index is 9.37. The third-order valence-electron chi connectivity index (χ3n) is 2.61. The van der Waals surface area contributed by atoms with Gasteiger partial charge in [-0.1, -0.05) is 18.2 Å².